The Hall–Kier alpha value is -1.26. The van der Waals surface area contributed by atoms with Crippen molar-refractivity contribution in [3.63, 3.8) is 0 Å². The van der Waals surface area contributed by atoms with Crippen molar-refractivity contribution in [3.8, 4) is 0 Å². The fourth-order valence-corrected chi connectivity index (χ4v) is 6.37. The van der Waals surface area contributed by atoms with Crippen LogP contribution >= 0.6 is 0 Å². The summed E-state index contributed by atoms with van der Waals surface area (Å²) >= 11 is 0. The number of hydrogen-bond acceptors (Lipinski definition) is 7. The van der Waals surface area contributed by atoms with Crippen LogP contribution in [-0.4, -0.2) is 83.6 Å². The van der Waals surface area contributed by atoms with E-state index in [-0.39, 0.29) is 42.8 Å². The summed E-state index contributed by atoms with van der Waals surface area (Å²) in [6.07, 6.45) is 5.14. The first-order valence-corrected chi connectivity index (χ1v) is 13.4. The molecule has 3 fully saturated rings. The molecule has 0 aromatic heterocycles. The number of amides is 1. The predicted octanol–water partition coefficient (Wildman–Crippen LogP) is 2.26. The van der Waals surface area contributed by atoms with Crippen molar-refractivity contribution in [1.82, 2.24) is 5.32 Å². The molecule has 3 rings (SSSR count). The summed E-state index contributed by atoms with van der Waals surface area (Å²) in [6.45, 7) is 3.17. The lowest BCUT2D eigenvalue weighted by molar-refractivity contribution is -0.212. The summed E-state index contributed by atoms with van der Waals surface area (Å²) in [5, 5.41) is 33.8. The molecule has 1 amide bonds. The van der Waals surface area contributed by atoms with Gasteiger partial charge in [-0.15, -0.1) is 0 Å². The van der Waals surface area contributed by atoms with E-state index in [1.54, 1.807) is 7.11 Å². The number of carbonyl (C=O) groups excluding carboxylic acids is 1. The van der Waals surface area contributed by atoms with Gasteiger partial charge >= 0.3 is 5.97 Å². The van der Waals surface area contributed by atoms with Gasteiger partial charge in [-0.1, -0.05) is 39.0 Å². The quantitative estimate of drug-likeness (QED) is 0.360. The average Bonchev–Trinajstić information content (AvgIpc) is 2.83. The van der Waals surface area contributed by atoms with Crippen LogP contribution < -0.4 is 5.32 Å². The van der Waals surface area contributed by atoms with Gasteiger partial charge in [-0.25, -0.2) is 4.79 Å². The van der Waals surface area contributed by atoms with Crippen molar-refractivity contribution < 1.29 is 39.1 Å². The van der Waals surface area contributed by atoms with Crippen LogP contribution in [0.25, 0.3) is 0 Å². The van der Waals surface area contributed by atoms with Crippen LogP contribution in [0.15, 0.2) is 0 Å². The fraction of sp³-hybridized carbons (Fsp3) is 0.923. The Bertz CT molecular complexity index is 684. The van der Waals surface area contributed by atoms with E-state index in [0.29, 0.717) is 18.8 Å². The van der Waals surface area contributed by atoms with Crippen LogP contribution in [0, 0.1) is 17.8 Å². The molecule has 3 aliphatic rings. The van der Waals surface area contributed by atoms with Crippen molar-refractivity contribution in [3.05, 3.63) is 0 Å². The molecule has 4 N–H and O–H groups in total. The zero-order valence-electron chi connectivity index (χ0n) is 21.4. The molecule has 0 heterocycles. The molecule has 9 nitrogen and oxygen atoms in total. The summed E-state index contributed by atoms with van der Waals surface area (Å²) in [4.78, 5) is 23.7. The molecule has 0 spiro atoms. The summed E-state index contributed by atoms with van der Waals surface area (Å²) in [6, 6.07) is -0.145. The Labute approximate surface area is 208 Å². The van der Waals surface area contributed by atoms with Gasteiger partial charge in [0.05, 0.1) is 30.5 Å². The van der Waals surface area contributed by atoms with Gasteiger partial charge in [0.25, 0.3) is 0 Å². The predicted molar refractivity (Wildman–Crippen MR) is 129 cm³/mol. The maximum absolute atomic E-state index is 12.1. The van der Waals surface area contributed by atoms with Crippen LogP contribution in [0.3, 0.4) is 0 Å². The highest BCUT2D eigenvalue weighted by Gasteiger charge is 2.47. The van der Waals surface area contributed by atoms with E-state index in [2.05, 4.69) is 5.32 Å². The third-order valence-electron chi connectivity index (χ3n) is 8.34. The van der Waals surface area contributed by atoms with Crippen molar-refractivity contribution in [2.24, 2.45) is 17.8 Å². The number of carboxylic acids is 1. The molecule has 0 aliphatic heterocycles. The lowest BCUT2D eigenvalue weighted by Crippen LogP contribution is -2.57. The minimum Gasteiger partial charge on any atom is -0.479 e. The van der Waals surface area contributed by atoms with Crippen LogP contribution in [0.4, 0.5) is 0 Å². The van der Waals surface area contributed by atoms with Gasteiger partial charge < -0.3 is 34.8 Å². The first kappa shape index (κ1) is 28.3. The molecule has 0 saturated heterocycles. The normalized spacial score (nSPS) is 37.5. The van der Waals surface area contributed by atoms with E-state index in [0.717, 1.165) is 44.9 Å². The maximum Gasteiger partial charge on any atom is 0.332 e. The van der Waals surface area contributed by atoms with Crippen molar-refractivity contribution >= 4 is 11.9 Å². The summed E-state index contributed by atoms with van der Waals surface area (Å²) < 4.78 is 18.4. The van der Waals surface area contributed by atoms with E-state index in [4.69, 9.17) is 14.2 Å². The standard InChI is InChI=1S/C26H45NO8/c1-15-21(34-20-11-7-10-19(25(20)33-3)27-16(2)29)13-18(14-28)23(30)24(15)35-22(26(31)32)12-17-8-5-4-6-9-17/h15,17-25,28,30H,4-14H2,1-3H3,(H,27,29)(H,31,32)/t15?,18?,19?,20-,21-,22+,23+,24?,25-/m1/s1. The molecule has 0 aromatic rings. The number of aliphatic carboxylic acids is 1. The van der Waals surface area contributed by atoms with Gasteiger partial charge in [0.15, 0.2) is 6.10 Å². The zero-order chi connectivity index (χ0) is 25.5. The minimum atomic E-state index is -1.01. The van der Waals surface area contributed by atoms with E-state index in [9.17, 15) is 24.9 Å². The lowest BCUT2D eigenvalue weighted by atomic mass is 9.76. The largest absolute Gasteiger partial charge is 0.479 e. The third-order valence-corrected chi connectivity index (χ3v) is 8.34. The Kier molecular flexibility index (Phi) is 10.8. The average molecular weight is 500 g/mol. The second kappa shape index (κ2) is 13.3. The number of methoxy groups -OCH3 is 1. The topological polar surface area (TPSA) is 135 Å². The number of aliphatic hydroxyl groups is 2. The van der Waals surface area contributed by atoms with Gasteiger partial charge in [0.1, 0.15) is 6.10 Å². The Morgan fingerprint density at radius 1 is 1.03 bits per heavy atom. The van der Waals surface area contributed by atoms with Crippen LogP contribution in [0.5, 0.6) is 0 Å². The highest BCUT2D eigenvalue weighted by Crippen LogP contribution is 2.38. The molecule has 35 heavy (non-hydrogen) atoms. The van der Waals surface area contributed by atoms with Crippen LogP contribution in [0.2, 0.25) is 0 Å². The van der Waals surface area contributed by atoms with Gasteiger partial charge in [-0.3, -0.25) is 4.79 Å². The fourth-order valence-electron chi connectivity index (χ4n) is 6.37. The number of hydrogen-bond donors (Lipinski definition) is 4. The monoisotopic (exact) mass is 499 g/mol. The molecule has 3 saturated carbocycles. The molecule has 202 valence electrons. The number of carboxylic acid groups (broad SMARTS) is 1. The van der Waals surface area contributed by atoms with E-state index in [1.807, 2.05) is 6.92 Å². The highest BCUT2D eigenvalue weighted by molar-refractivity contribution is 5.73. The smallest absolute Gasteiger partial charge is 0.332 e. The Morgan fingerprint density at radius 3 is 2.34 bits per heavy atom. The maximum atomic E-state index is 12.1. The summed E-state index contributed by atoms with van der Waals surface area (Å²) in [5.74, 6) is -1.56. The molecule has 9 atom stereocenters. The molecule has 0 radical (unpaired) electrons. The zero-order valence-corrected chi connectivity index (χ0v) is 21.4. The second-order valence-corrected chi connectivity index (χ2v) is 10.8. The van der Waals surface area contributed by atoms with Crippen molar-refractivity contribution in [2.75, 3.05) is 13.7 Å². The first-order chi connectivity index (χ1) is 16.7. The van der Waals surface area contributed by atoms with Gasteiger partial charge in [0.2, 0.25) is 5.91 Å². The molecular weight excluding hydrogens is 454 g/mol. The van der Waals surface area contributed by atoms with Gasteiger partial charge in [-0.2, -0.15) is 0 Å². The Morgan fingerprint density at radius 2 is 1.74 bits per heavy atom. The molecule has 9 heteroatoms. The second-order valence-electron chi connectivity index (χ2n) is 10.8. The van der Waals surface area contributed by atoms with E-state index in [1.165, 1.54) is 13.3 Å². The van der Waals surface area contributed by atoms with E-state index >= 15 is 0 Å². The number of nitrogens with one attached hydrogen (secondary N) is 1. The molecular formula is C26H45NO8. The van der Waals surface area contributed by atoms with Crippen molar-refractivity contribution in [1.29, 1.82) is 0 Å². The number of aliphatic hydroxyl groups excluding tert-OH is 2. The molecule has 0 bridgehead atoms. The SMILES string of the molecule is CO[C@@H]1C(NC(C)=O)CCC[C@H]1O[C@@H]1CC(CO)[C@H](O)C(O[C@@H](CC2CCCCC2)C(=O)O)C1C. The number of carbonyl (C=O) groups is 2. The first-order valence-electron chi connectivity index (χ1n) is 13.4. The number of rotatable bonds is 10. The molecule has 0 aromatic carbocycles. The lowest BCUT2D eigenvalue weighted by Gasteiger charge is -2.46. The molecule has 3 aliphatic carbocycles. The van der Waals surface area contributed by atoms with Crippen LogP contribution in [0.1, 0.15) is 78.1 Å². The summed E-state index contributed by atoms with van der Waals surface area (Å²) in [7, 11) is 1.61. The molecule has 4 unspecified atom stereocenters. The van der Waals surface area contributed by atoms with E-state index < -0.39 is 30.2 Å². The third kappa shape index (κ3) is 7.38. The van der Waals surface area contributed by atoms with Crippen molar-refractivity contribution in [2.45, 2.75) is 121 Å². The summed E-state index contributed by atoms with van der Waals surface area (Å²) in [5.41, 5.74) is 0. The van der Waals surface area contributed by atoms with Gasteiger partial charge in [0, 0.05) is 32.5 Å². The van der Waals surface area contributed by atoms with Gasteiger partial charge in [-0.05, 0) is 38.0 Å². The Balaban J connectivity index is 1.71. The highest BCUT2D eigenvalue weighted by atomic mass is 16.6. The minimum absolute atomic E-state index is 0.113. The van der Waals surface area contributed by atoms with Crippen LogP contribution in [-0.2, 0) is 23.8 Å². The number of ether oxygens (including phenoxy) is 3.